The Morgan fingerprint density at radius 1 is 1.44 bits per heavy atom. The molecule has 1 saturated heterocycles. The molecule has 1 atom stereocenters. The standard InChI is InChI=1S/C14H14BrNO2/c15-12-2-1-10-3-5-16(13(10)7-12)8-14(17)11-4-6-18-9-11/h1-3,5,7,11H,4,6,8-9H2. The molecule has 0 radical (unpaired) electrons. The second-order valence-electron chi connectivity index (χ2n) is 4.67. The lowest BCUT2D eigenvalue weighted by molar-refractivity contribution is -0.123. The molecular weight excluding hydrogens is 294 g/mol. The van der Waals surface area contributed by atoms with Crippen LogP contribution in [0.3, 0.4) is 0 Å². The Hall–Kier alpha value is -1.13. The lowest BCUT2D eigenvalue weighted by Gasteiger charge is -2.09. The summed E-state index contributed by atoms with van der Waals surface area (Å²) in [7, 11) is 0. The fourth-order valence-electron chi connectivity index (χ4n) is 2.38. The van der Waals surface area contributed by atoms with Crippen molar-refractivity contribution in [2.45, 2.75) is 13.0 Å². The molecule has 3 nitrogen and oxygen atoms in total. The molecule has 0 amide bonds. The minimum Gasteiger partial charge on any atom is -0.381 e. The van der Waals surface area contributed by atoms with E-state index in [-0.39, 0.29) is 11.7 Å². The van der Waals surface area contributed by atoms with Gasteiger partial charge in [0.05, 0.1) is 13.2 Å². The summed E-state index contributed by atoms with van der Waals surface area (Å²) in [6.45, 7) is 1.74. The van der Waals surface area contributed by atoms with Crippen LogP contribution in [0.25, 0.3) is 10.9 Å². The van der Waals surface area contributed by atoms with Gasteiger partial charge in [-0.3, -0.25) is 4.79 Å². The third kappa shape index (κ3) is 2.22. The zero-order valence-corrected chi connectivity index (χ0v) is 11.5. The molecule has 1 aromatic heterocycles. The number of halogens is 1. The molecular formula is C14H14BrNO2. The van der Waals surface area contributed by atoms with Gasteiger partial charge in [0.15, 0.2) is 5.78 Å². The van der Waals surface area contributed by atoms with Crippen LogP contribution in [0.15, 0.2) is 34.9 Å². The highest BCUT2D eigenvalue weighted by molar-refractivity contribution is 9.10. The van der Waals surface area contributed by atoms with Crippen LogP contribution in [0, 0.1) is 5.92 Å². The summed E-state index contributed by atoms with van der Waals surface area (Å²) in [6.07, 6.45) is 2.84. The van der Waals surface area contributed by atoms with Crippen molar-refractivity contribution >= 4 is 32.6 Å². The Morgan fingerprint density at radius 3 is 3.11 bits per heavy atom. The summed E-state index contributed by atoms with van der Waals surface area (Å²) in [5, 5.41) is 1.16. The summed E-state index contributed by atoms with van der Waals surface area (Å²) in [5.74, 6) is 0.347. The van der Waals surface area contributed by atoms with E-state index in [2.05, 4.69) is 22.0 Å². The van der Waals surface area contributed by atoms with E-state index in [1.165, 1.54) is 0 Å². The van der Waals surface area contributed by atoms with E-state index in [1.54, 1.807) is 0 Å². The molecule has 1 aliphatic heterocycles. The summed E-state index contributed by atoms with van der Waals surface area (Å²) >= 11 is 3.47. The van der Waals surface area contributed by atoms with Crippen LogP contribution in [0.5, 0.6) is 0 Å². The van der Waals surface area contributed by atoms with Crippen molar-refractivity contribution in [2.75, 3.05) is 13.2 Å². The fraction of sp³-hybridized carbons (Fsp3) is 0.357. The van der Waals surface area contributed by atoms with Crippen LogP contribution >= 0.6 is 15.9 Å². The largest absolute Gasteiger partial charge is 0.381 e. The van der Waals surface area contributed by atoms with Gasteiger partial charge in [0.1, 0.15) is 0 Å². The number of fused-ring (bicyclic) bond motifs is 1. The van der Waals surface area contributed by atoms with Crippen molar-refractivity contribution < 1.29 is 9.53 Å². The van der Waals surface area contributed by atoms with Crippen molar-refractivity contribution in [2.24, 2.45) is 5.92 Å². The number of hydrogen-bond donors (Lipinski definition) is 0. The van der Waals surface area contributed by atoms with Gasteiger partial charge >= 0.3 is 0 Å². The Bertz CT molecular complexity index is 584. The van der Waals surface area contributed by atoms with Gasteiger partial charge in [0.25, 0.3) is 0 Å². The molecule has 1 fully saturated rings. The summed E-state index contributed by atoms with van der Waals surface area (Å²) in [4.78, 5) is 12.1. The molecule has 0 bridgehead atoms. The number of benzene rings is 1. The van der Waals surface area contributed by atoms with Crippen molar-refractivity contribution in [1.82, 2.24) is 4.57 Å². The predicted octanol–water partition coefficient (Wildman–Crippen LogP) is 3.01. The number of carbonyl (C=O) groups is 1. The molecule has 18 heavy (non-hydrogen) atoms. The maximum absolute atomic E-state index is 12.1. The van der Waals surface area contributed by atoms with E-state index in [9.17, 15) is 4.79 Å². The van der Waals surface area contributed by atoms with Crippen molar-refractivity contribution in [3.05, 3.63) is 34.9 Å². The molecule has 1 aromatic carbocycles. The number of ether oxygens (including phenoxy) is 1. The highest BCUT2D eigenvalue weighted by Gasteiger charge is 2.23. The van der Waals surface area contributed by atoms with Crippen molar-refractivity contribution in [3.63, 3.8) is 0 Å². The van der Waals surface area contributed by atoms with E-state index in [4.69, 9.17) is 4.74 Å². The molecule has 94 valence electrons. The van der Waals surface area contributed by atoms with Gasteiger partial charge in [-0.2, -0.15) is 0 Å². The first kappa shape index (κ1) is 11.9. The normalized spacial score (nSPS) is 19.5. The Kier molecular flexibility index (Phi) is 3.22. The molecule has 0 saturated carbocycles. The Morgan fingerprint density at radius 2 is 2.33 bits per heavy atom. The van der Waals surface area contributed by atoms with Gasteiger partial charge in [-0.1, -0.05) is 22.0 Å². The number of aromatic nitrogens is 1. The van der Waals surface area contributed by atoms with Gasteiger partial charge in [-0.05, 0) is 30.0 Å². The minimum atomic E-state index is 0.0783. The fourth-order valence-corrected chi connectivity index (χ4v) is 2.73. The van der Waals surface area contributed by atoms with E-state index in [0.717, 1.165) is 21.8 Å². The van der Waals surface area contributed by atoms with Crippen molar-refractivity contribution in [3.8, 4) is 0 Å². The number of nitrogens with zero attached hydrogens (tertiary/aromatic N) is 1. The van der Waals surface area contributed by atoms with Gasteiger partial charge in [0, 0.05) is 28.7 Å². The Balaban J connectivity index is 1.85. The number of Topliss-reactive ketones (excluding diaryl/α,β-unsaturated/α-hetero) is 1. The van der Waals surface area contributed by atoms with Crippen molar-refractivity contribution in [1.29, 1.82) is 0 Å². The molecule has 2 heterocycles. The smallest absolute Gasteiger partial charge is 0.157 e. The minimum absolute atomic E-state index is 0.0783. The quantitative estimate of drug-likeness (QED) is 0.873. The average Bonchev–Trinajstić information content (AvgIpc) is 2.99. The summed E-state index contributed by atoms with van der Waals surface area (Å²) < 4.78 is 8.31. The Labute approximate surface area is 114 Å². The number of carbonyl (C=O) groups excluding carboxylic acids is 1. The van der Waals surface area contributed by atoms with E-state index in [1.807, 2.05) is 29.0 Å². The van der Waals surface area contributed by atoms with Crippen LogP contribution in [0.1, 0.15) is 6.42 Å². The van der Waals surface area contributed by atoms with E-state index < -0.39 is 0 Å². The summed E-state index contributed by atoms with van der Waals surface area (Å²) in [6, 6.07) is 8.16. The average molecular weight is 308 g/mol. The second-order valence-corrected chi connectivity index (χ2v) is 5.59. The van der Waals surface area contributed by atoms with Gasteiger partial charge in [0.2, 0.25) is 0 Å². The number of hydrogen-bond acceptors (Lipinski definition) is 2. The highest BCUT2D eigenvalue weighted by Crippen LogP contribution is 2.22. The lowest BCUT2D eigenvalue weighted by Crippen LogP contribution is -2.19. The first-order chi connectivity index (χ1) is 8.74. The first-order valence-corrected chi connectivity index (χ1v) is 6.88. The predicted molar refractivity (Wildman–Crippen MR) is 73.6 cm³/mol. The van der Waals surface area contributed by atoms with Gasteiger partial charge in [-0.15, -0.1) is 0 Å². The lowest BCUT2D eigenvalue weighted by atomic mass is 10.0. The zero-order chi connectivity index (χ0) is 12.5. The van der Waals surface area contributed by atoms with E-state index >= 15 is 0 Å². The molecule has 0 aliphatic carbocycles. The molecule has 1 aliphatic rings. The van der Waals surface area contributed by atoms with Crippen LogP contribution in [-0.4, -0.2) is 23.6 Å². The van der Waals surface area contributed by atoms with Gasteiger partial charge < -0.3 is 9.30 Å². The first-order valence-electron chi connectivity index (χ1n) is 6.09. The molecule has 4 heteroatoms. The summed E-state index contributed by atoms with van der Waals surface area (Å²) in [5.41, 5.74) is 1.09. The highest BCUT2D eigenvalue weighted by atomic mass is 79.9. The monoisotopic (exact) mass is 307 g/mol. The van der Waals surface area contributed by atoms with Crippen LogP contribution < -0.4 is 0 Å². The number of ketones is 1. The maximum Gasteiger partial charge on any atom is 0.157 e. The third-order valence-electron chi connectivity index (χ3n) is 3.45. The molecule has 2 aromatic rings. The molecule has 0 N–H and O–H groups in total. The second kappa shape index (κ2) is 4.86. The third-order valence-corrected chi connectivity index (χ3v) is 3.94. The van der Waals surface area contributed by atoms with Crippen LogP contribution in [0.2, 0.25) is 0 Å². The molecule has 3 rings (SSSR count). The van der Waals surface area contributed by atoms with Crippen LogP contribution in [-0.2, 0) is 16.1 Å². The van der Waals surface area contributed by atoms with E-state index in [0.29, 0.717) is 19.8 Å². The molecule has 0 spiro atoms. The SMILES string of the molecule is O=C(Cn1ccc2ccc(Br)cc21)C1CCOC1. The maximum atomic E-state index is 12.1. The van der Waals surface area contributed by atoms with Gasteiger partial charge in [-0.25, -0.2) is 0 Å². The van der Waals surface area contributed by atoms with Crippen LogP contribution in [0.4, 0.5) is 0 Å². The number of rotatable bonds is 3. The topological polar surface area (TPSA) is 31.2 Å². The molecule has 1 unspecified atom stereocenters. The zero-order valence-electron chi connectivity index (χ0n) is 9.93.